The van der Waals surface area contributed by atoms with Crippen LogP contribution in [0.3, 0.4) is 0 Å². The van der Waals surface area contributed by atoms with Crippen molar-refractivity contribution in [2.75, 3.05) is 18.8 Å². The van der Waals surface area contributed by atoms with Crippen molar-refractivity contribution in [3.05, 3.63) is 0 Å². The molecule has 6 amide bonds. The van der Waals surface area contributed by atoms with Crippen LogP contribution in [0.5, 0.6) is 0 Å². The van der Waals surface area contributed by atoms with Crippen LogP contribution in [0.1, 0.15) is 32.6 Å². The molecule has 3 atom stereocenters. The van der Waals surface area contributed by atoms with Crippen molar-refractivity contribution in [2.45, 2.75) is 50.7 Å². The van der Waals surface area contributed by atoms with E-state index in [1.54, 1.807) is 6.92 Å². The predicted molar refractivity (Wildman–Crippen MR) is 121 cm³/mol. The number of hydrogen-bond acceptors (Lipinski definition) is 8. The number of hydrogen-bond donors (Lipinski definition) is 8. The number of thiol groups is 1. The van der Waals surface area contributed by atoms with Crippen LogP contribution in [-0.2, 0) is 28.8 Å². The molecule has 1 aliphatic rings. The van der Waals surface area contributed by atoms with E-state index < -0.39 is 66.5 Å². The number of nitrogens with two attached hydrogens (primary N) is 2. The Hall–Kier alpha value is -3.36. The van der Waals surface area contributed by atoms with Crippen LogP contribution in [0.2, 0.25) is 0 Å². The quantitative estimate of drug-likeness (QED) is 0.0728. The molecule has 9 N–H and O–H groups in total. The highest BCUT2D eigenvalue weighted by Crippen LogP contribution is 2.03. The van der Waals surface area contributed by atoms with Crippen molar-refractivity contribution in [3.8, 4) is 0 Å². The van der Waals surface area contributed by atoms with Gasteiger partial charge in [0, 0.05) is 18.7 Å². The van der Waals surface area contributed by atoms with E-state index in [2.05, 4.69) is 44.2 Å². The fourth-order valence-electron chi connectivity index (χ4n) is 2.74. The van der Waals surface area contributed by atoms with Gasteiger partial charge in [-0.25, -0.2) is 0 Å². The molecule has 1 fully saturated rings. The maximum absolute atomic E-state index is 12.7. The van der Waals surface area contributed by atoms with Gasteiger partial charge in [0.2, 0.25) is 35.4 Å². The second-order valence-electron chi connectivity index (χ2n) is 7.12. The van der Waals surface area contributed by atoms with Crippen molar-refractivity contribution < 1.29 is 28.8 Å². The van der Waals surface area contributed by atoms with Crippen LogP contribution in [0.25, 0.3) is 0 Å². The molecule has 0 aromatic heterocycles. The Bertz CT molecular complexity index is 801. The normalized spacial score (nSPS) is 21.8. The van der Waals surface area contributed by atoms with Gasteiger partial charge in [0.15, 0.2) is 5.96 Å². The Labute approximate surface area is 195 Å². The molecule has 0 aliphatic carbocycles. The summed E-state index contributed by atoms with van der Waals surface area (Å²) in [6.45, 7) is 1.26. The van der Waals surface area contributed by atoms with Gasteiger partial charge in [-0.3, -0.25) is 39.1 Å². The number of guanidine groups is 1. The van der Waals surface area contributed by atoms with Gasteiger partial charge in [-0.2, -0.15) is 12.6 Å². The van der Waals surface area contributed by atoms with Crippen molar-refractivity contribution in [1.29, 1.82) is 0 Å². The highest BCUT2D eigenvalue weighted by Gasteiger charge is 2.31. The van der Waals surface area contributed by atoms with E-state index >= 15 is 0 Å². The molecule has 1 saturated heterocycles. The largest absolute Gasteiger partial charge is 0.370 e. The summed E-state index contributed by atoms with van der Waals surface area (Å²) in [6.07, 6.45) is 0.0209. The van der Waals surface area contributed by atoms with Gasteiger partial charge in [-0.1, -0.05) is 6.92 Å². The number of nitrogens with one attached hydrogen (secondary N) is 5. The third kappa shape index (κ3) is 10.2. The summed E-state index contributed by atoms with van der Waals surface area (Å²) in [5, 5.41) is 11.7. The molecule has 184 valence electrons. The molecule has 0 aromatic rings. The minimum Gasteiger partial charge on any atom is -0.370 e. The molecule has 0 spiro atoms. The molecule has 1 heterocycles. The van der Waals surface area contributed by atoms with Gasteiger partial charge in [0.1, 0.15) is 18.1 Å². The first-order valence-electron chi connectivity index (χ1n) is 10.2. The predicted octanol–water partition coefficient (Wildman–Crippen LogP) is -4.00. The zero-order valence-electron chi connectivity index (χ0n) is 18.2. The van der Waals surface area contributed by atoms with E-state index in [-0.39, 0.29) is 31.1 Å². The summed E-state index contributed by atoms with van der Waals surface area (Å²) < 4.78 is 0. The van der Waals surface area contributed by atoms with E-state index in [4.69, 9.17) is 11.5 Å². The fourth-order valence-corrected chi connectivity index (χ4v) is 2.99. The van der Waals surface area contributed by atoms with Crippen LogP contribution in [0.4, 0.5) is 0 Å². The van der Waals surface area contributed by atoms with Crippen LogP contribution < -0.4 is 38.1 Å². The summed E-state index contributed by atoms with van der Waals surface area (Å²) in [7, 11) is 0. The molecule has 33 heavy (non-hydrogen) atoms. The molecule has 1 rings (SSSR count). The number of nitrogens with zero attached hydrogens (tertiary/aromatic N) is 1. The average Bonchev–Trinajstić information content (AvgIpc) is 2.75. The molecular weight excluding hydrogens is 456 g/mol. The van der Waals surface area contributed by atoms with Crippen LogP contribution in [0, 0.1) is 0 Å². The highest BCUT2D eigenvalue weighted by atomic mass is 32.1. The summed E-state index contributed by atoms with van der Waals surface area (Å²) >= 11 is 4.06. The molecule has 15 heteroatoms. The lowest BCUT2D eigenvalue weighted by molar-refractivity contribution is -0.136. The summed E-state index contributed by atoms with van der Waals surface area (Å²) in [6, 6.07) is -3.56. The molecule has 0 radical (unpaired) electrons. The van der Waals surface area contributed by atoms with Crippen molar-refractivity contribution in [3.63, 3.8) is 0 Å². The molecule has 0 bridgehead atoms. The van der Waals surface area contributed by atoms with Crippen molar-refractivity contribution in [2.24, 2.45) is 16.5 Å². The summed E-state index contributed by atoms with van der Waals surface area (Å²) in [5.74, 6) is -4.45. The van der Waals surface area contributed by atoms with Crippen molar-refractivity contribution >= 4 is 54.0 Å². The SMILES string of the molecule is CCC(=O)NC(=O)C[C@@H]1NC(=O)[C@H](CS)NC(=O)[C@H](CCCN=C(N)N)NC(=O)CNC1=O. The van der Waals surface area contributed by atoms with Crippen LogP contribution >= 0.6 is 12.6 Å². The van der Waals surface area contributed by atoms with Gasteiger partial charge in [0.05, 0.1) is 13.0 Å². The number of imide groups is 1. The van der Waals surface area contributed by atoms with Crippen LogP contribution in [-0.4, -0.2) is 78.4 Å². The first-order valence-corrected chi connectivity index (χ1v) is 10.9. The number of rotatable bonds is 8. The minimum atomic E-state index is -1.39. The molecule has 0 aromatic carbocycles. The standard InChI is InChI=1S/C18H30N8O6S/c1-2-12(27)26-13(28)6-10-15(30)22-7-14(29)23-9(4-3-5-21-18(19)20)16(31)25-11(8-33)17(32)24-10/h9-11,33H,2-8H2,1H3,(H,22,30)(H,23,29)(H,24,32)(H,25,31)(H4,19,20,21)(H,26,27,28)/t9-,10-,11-/m0/s1. The number of carbonyl (C=O) groups excluding carboxylic acids is 6. The van der Waals surface area contributed by atoms with Gasteiger partial charge >= 0.3 is 0 Å². The van der Waals surface area contributed by atoms with Gasteiger partial charge in [-0.05, 0) is 12.8 Å². The Morgan fingerprint density at radius 2 is 1.64 bits per heavy atom. The maximum atomic E-state index is 12.7. The second kappa shape index (κ2) is 13.9. The van der Waals surface area contributed by atoms with E-state index in [9.17, 15) is 28.8 Å². The lowest BCUT2D eigenvalue weighted by Crippen LogP contribution is -2.60. The Balaban J connectivity index is 2.98. The minimum absolute atomic E-state index is 0.0516. The third-order valence-corrected chi connectivity index (χ3v) is 4.82. The molecule has 0 saturated carbocycles. The summed E-state index contributed by atoms with van der Waals surface area (Å²) in [5.41, 5.74) is 10.5. The lowest BCUT2D eigenvalue weighted by Gasteiger charge is -2.26. The fraction of sp³-hybridized carbons (Fsp3) is 0.611. The van der Waals surface area contributed by atoms with E-state index in [0.29, 0.717) is 6.42 Å². The highest BCUT2D eigenvalue weighted by molar-refractivity contribution is 7.80. The topological polar surface area (TPSA) is 227 Å². The Morgan fingerprint density at radius 3 is 2.24 bits per heavy atom. The van der Waals surface area contributed by atoms with Gasteiger partial charge in [-0.15, -0.1) is 0 Å². The van der Waals surface area contributed by atoms with Crippen LogP contribution in [0.15, 0.2) is 4.99 Å². The monoisotopic (exact) mass is 486 g/mol. The zero-order chi connectivity index (χ0) is 25.0. The number of amides is 6. The summed E-state index contributed by atoms with van der Waals surface area (Å²) in [4.78, 5) is 77.3. The first-order chi connectivity index (χ1) is 15.6. The Kier molecular flexibility index (Phi) is 11.7. The van der Waals surface area contributed by atoms with Crippen molar-refractivity contribution in [1.82, 2.24) is 26.6 Å². The Morgan fingerprint density at radius 1 is 1.00 bits per heavy atom. The van der Waals surface area contributed by atoms with Gasteiger partial charge < -0.3 is 32.7 Å². The average molecular weight is 487 g/mol. The van der Waals surface area contributed by atoms with E-state index in [0.717, 1.165) is 0 Å². The molecule has 14 nitrogen and oxygen atoms in total. The van der Waals surface area contributed by atoms with Gasteiger partial charge in [0.25, 0.3) is 0 Å². The zero-order valence-corrected chi connectivity index (χ0v) is 19.1. The smallest absolute Gasteiger partial charge is 0.244 e. The number of carbonyl (C=O) groups is 6. The number of aliphatic imine (C=N–C) groups is 1. The van der Waals surface area contributed by atoms with E-state index in [1.807, 2.05) is 0 Å². The molecule has 1 aliphatic heterocycles. The third-order valence-electron chi connectivity index (χ3n) is 4.46. The lowest BCUT2D eigenvalue weighted by atomic mass is 10.1. The first kappa shape index (κ1) is 27.7. The molecular formula is C18H30N8O6S. The maximum Gasteiger partial charge on any atom is 0.244 e. The second-order valence-corrected chi connectivity index (χ2v) is 7.49. The van der Waals surface area contributed by atoms with E-state index in [1.165, 1.54) is 0 Å². The molecule has 0 unspecified atom stereocenters.